The number of carbonyl (C=O) groups is 3. The Morgan fingerprint density at radius 1 is 1.14 bits per heavy atom. The zero-order valence-electron chi connectivity index (χ0n) is 21.0. The molecule has 198 valence electrons. The molecule has 10 heteroatoms. The molecule has 0 spiro atoms. The number of nitrogens with zero attached hydrogens (tertiary/aromatic N) is 1. The molecule has 0 bridgehead atoms. The number of benzene rings is 2. The van der Waals surface area contributed by atoms with E-state index in [-0.39, 0.29) is 48.3 Å². The summed E-state index contributed by atoms with van der Waals surface area (Å²) in [5.41, 5.74) is 0.516. The van der Waals surface area contributed by atoms with Gasteiger partial charge in [0.2, 0.25) is 11.8 Å². The van der Waals surface area contributed by atoms with Crippen LogP contribution in [0.1, 0.15) is 49.0 Å². The van der Waals surface area contributed by atoms with Crippen LogP contribution < -0.4 is 16.0 Å². The Labute approximate surface area is 213 Å². The maximum Gasteiger partial charge on any atom is 0.416 e. The molecule has 3 amide bonds. The summed E-state index contributed by atoms with van der Waals surface area (Å²) in [4.78, 5) is 40.8. The number of rotatable bonds is 6. The van der Waals surface area contributed by atoms with E-state index in [9.17, 15) is 27.6 Å². The molecule has 4 rings (SSSR count). The molecule has 1 saturated heterocycles. The topological polar surface area (TPSA) is 90.5 Å². The molecular weight excluding hydrogens is 485 g/mol. The van der Waals surface area contributed by atoms with Gasteiger partial charge in [-0.2, -0.15) is 13.2 Å². The van der Waals surface area contributed by atoms with Gasteiger partial charge in [0.15, 0.2) is 0 Å². The highest BCUT2D eigenvalue weighted by molar-refractivity contribution is 6.10. The molecule has 0 saturated carbocycles. The zero-order chi connectivity index (χ0) is 26.9. The van der Waals surface area contributed by atoms with Crippen molar-refractivity contribution in [1.82, 2.24) is 15.5 Å². The summed E-state index contributed by atoms with van der Waals surface area (Å²) in [6, 6.07) is 8.17. The number of piperidine rings is 1. The van der Waals surface area contributed by atoms with Crippen molar-refractivity contribution in [3.8, 4) is 11.1 Å². The quantitative estimate of drug-likeness (QED) is 0.541. The molecule has 1 fully saturated rings. The standard InChI is InChI=1S/C27H31F3N4O3/c1-15(2)11-22(31-3)24(35)32-19-9-10-34-23(14-19)25(36)33-21-8-7-17(13-20(21)26(34)37)16-5-4-6-18(12-16)27(28,29)30/h4-8,12-13,15,19,22-23,31H,9-11,14H2,1-3H3,(H,32,35)(H,33,36)/t19-,22+,23+/m1/s1. The first-order valence-corrected chi connectivity index (χ1v) is 12.4. The normalized spacial score (nSPS) is 20.6. The molecule has 3 atom stereocenters. The van der Waals surface area contributed by atoms with Crippen molar-refractivity contribution >= 4 is 23.4 Å². The van der Waals surface area contributed by atoms with E-state index in [0.29, 0.717) is 35.6 Å². The van der Waals surface area contributed by atoms with Gasteiger partial charge < -0.3 is 20.9 Å². The van der Waals surface area contributed by atoms with E-state index in [0.717, 1.165) is 12.1 Å². The van der Waals surface area contributed by atoms with Crippen molar-refractivity contribution in [3.05, 3.63) is 53.6 Å². The van der Waals surface area contributed by atoms with Gasteiger partial charge in [-0.15, -0.1) is 0 Å². The molecule has 3 N–H and O–H groups in total. The summed E-state index contributed by atoms with van der Waals surface area (Å²) < 4.78 is 39.6. The number of alkyl halides is 3. The molecule has 7 nitrogen and oxygen atoms in total. The average Bonchev–Trinajstić information content (AvgIpc) is 2.95. The Hall–Kier alpha value is -3.40. The van der Waals surface area contributed by atoms with Crippen molar-refractivity contribution in [2.45, 2.75) is 57.4 Å². The number of hydrogen-bond donors (Lipinski definition) is 3. The maximum atomic E-state index is 13.5. The number of likely N-dealkylation sites (N-methyl/N-ethyl adjacent to an activating group) is 1. The fraction of sp³-hybridized carbons (Fsp3) is 0.444. The van der Waals surface area contributed by atoms with Crippen LogP contribution in [0.4, 0.5) is 18.9 Å². The summed E-state index contributed by atoms with van der Waals surface area (Å²) in [6.07, 6.45) is -3.05. The minimum atomic E-state index is -4.49. The Morgan fingerprint density at radius 2 is 1.86 bits per heavy atom. The Bertz CT molecular complexity index is 1200. The first-order chi connectivity index (χ1) is 17.5. The van der Waals surface area contributed by atoms with Gasteiger partial charge in [0.05, 0.1) is 22.9 Å². The van der Waals surface area contributed by atoms with E-state index < -0.39 is 17.8 Å². The molecular formula is C27H31F3N4O3. The van der Waals surface area contributed by atoms with Crippen LogP contribution in [0.5, 0.6) is 0 Å². The van der Waals surface area contributed by atoms with E-state index in [1.54, 1.807) is 25.2 Å². The van der Waals surface area contributed by atoms with Gasteiger partial charge >= 0.3 is 6.18 Å². The van der Waals surface area contributed by atoms with Crippen molar-refractivity contribution in [2.24, 2.45) is 5.92 Å². The third-order valence-corrected chi connectivity index (χ3v) is 6.92. The molecule has 0 radical (unpaired) electrons. The van der Waals surface area contributed by atoms with E-state index in [1.807, 2.05) is 13.8 Å². The molecule has 2 heterocycles. The van der Waals surface area contributed by atoms with Crippen LogP contribution in [-0.4, -0.2) is 54.3 Å². The SMILES string of the molecule is CN[C@@H](CC(C)C)C(=O)N[C@@H]1CCN2C(=O)c3cc(-c4cccc(C(F)(F)F)c4)ccc3NC(=O)[C@@H]2C1. The van der Waals surface area contributed by atoms with E-state index in [4.69, 9.17) is 0 Å². The number of carbonyl (C=O) groups excluding carboxylic acids is 3. The number of amides is 3. The average molecular weight is 517 g/mol. The predicted octanol–water partition coefficient (Wildman–Crippen LogP) is 4.05. The van der Waals surface area contributed by atoms with Gasteiger partial charge in [-0.3, -0.25) is 14.4 Å². The second-order valence-electron chi connectivity index (χ2n) is 10.0. The van der Waals surface area contributed by atoms with Crippen molar-refractivity contribution in [3.63, 3.8) is 0 Å². The van der Waals surface area contributed by atoms with E-state index in [1.165, 1.54) is 17.0 Å². The Balaban J connectivity index is 1.54. The molecule has 0 aromatic heterocycles. The molecule has 2 aromatic carbocycles. The zero-order valence-corrected chi connectivity index (χ0v) is 21.0. The van der Waals surface area contributed by atoms with Gasteiger partial charge in [-0.1, -0.05) is 32.0 Å². The van der Waals surface area contributed by atoms with Crippen molar-refractivity contribution in [1.29, 1.82) is 0 Å². The minimum Gasteiger partial charge on any atom is -0.352 e. The van der Waals surface area contributed by atoms with Gasteiger partial charge in [0, 0.05) is 12.6 Å². The van der Waals surface area contributed by atoms with Crippen molar-refractivity contribution in [2.75, 3.05) is 18.9 Å². The largest absolute Gasteiger partial charge is 0.416 e. The lowest BCUT2D eigenvalue weighted by atomic mass is 9.95. The Morgan fingerprint density at radius 3 is 2.54 bits per heavy atom. The fourth-order valence-corrected chi connectivity index (χ4v) is 4.97. The third-order valence-electron chi connectivity index (χ3n) is 6.92. The highest BCUT2D eigenvalue weighted by Crippen LogP contribution is 2.35. The van der Waals surface area contributed by atoms with Crippen LogP contribution >= 0.6 is 0 Å². The first kappa shape index (κ1) is 26.7. The Kier molecular flexibility index (Phi) is 7.59. The summed E-state index contributed by atoms with van der Waals surface area (Å²) in [6.45, 7) is 4.34. The number of hydrogen-bond acceptors (Lipinski definition) is 4. The monoisotopic (exact) mass is 516 g/mol. The van der Waals surface area contributed by atoms with Crippen LogP contribution in [0.15, 0.2) is 42.5 Å². The minimum absolute atomic E-state index is 0.135. The summed E-state index contributed by atoms with van der Waals surface area (Å²) in [5.74, 6) is -0.534. The molecule has 2 aliphatic rings. The van der Waals surface area contributed by atoms with Crippen LogP contribution in [0.3, 0.4) is 0 Å². The second kappa shape index (κ2) is 10.5. The van der Waals surface area contributed by atoms with Gasteiger partial charge in [0.25, 0.3) is 5.91 Å². The maximum absolute atomic E-state index is 13.5. The van der Waals surface area contributed by atoms with Gasteiger partial charge in [0.1, 0.15) is 6.04 Å². The third kappa shape index (κ3) is 5.79. The summed E-state index contributed by atoms with van der Waals surface area (Å²) >= 11 is 0. The predicted molar refractivity (Wildman–Crippen MR) is 134 cm³/mol. The highest BCUT2D eigenvalue weighted by Gasteiger charge is 2.40. The van der Waals surface area contributed by atoms with E-state index >= 15 is 0 Å². The number of fused-ring (bicyclic) bond motifs is 2. The van der Waals surface area contributed by atoms with Crippen LogP contribution in [0, 0.1) is 5.92 Å². The molecule has 37 heavy (non-hydrogen) atoms. The molecule has 2 aliphatic heterocycles. The lowest BCUT2D eigenvalue weighted by Gasteiger charge is -2.37. The fourth-order valence-electron chi connectivity index (χ4n) is 4.97. The van der Waals surface area contributed by atoms with Crippen molar-refractivity contribution < 1.29 is 27.6 Å². The number of halogens is 3. The smallest absolute Gasteiger partial charge is 0.352 e. The molecule has 0 aliphatic carbocycles. The van der Waals surface area contributed by atoms with E-state index in [2.05, 4.69) is 16.0 Å². The number of anilines is 1. The van der Waals surface area contributed by atoms with Gasteiger partial charge in [-0.25, -0.2) is 0 Å². The summed E-state index contributed by atoms with van der Waals surface area (Å²) in [7, 11) is 1.73. The lowest BCUT2D eigenvalue weighted by molar-refractivity contribution is -0.137. The summed E-state index contributed by atoms with van der Waals surface area (Å²) in [5, 5.41) is 8.84. The second-order valence-corrected chi connectivity index (χ2v) is 10.0. The van der Waals surface area contributed by atoms with Crippen LogP contribution in [0.2, 0.25) is 0 Å². The number of nitrogens with one attached hydrogen (secondary N) is 3. The first-order valence-electron chi connectivity index (χ1n) is 12.4. The van der Waals surface area contributed by atoms with Crippen LogP contribution in [-0.2, 0) is 15.8 Å². The lowest BCUT2D eigenvalue weighted by Crippen LogP contribution is -2.56. The van der Waals surface area contributed by atoms with Gasteiger partial charge in [-0.05, 0) is 67.6 Å². The molecule has 2 aromatic rings. The highest BCUT2D eigenvalue weighted by atomic mass is 19.4. The van der Waals surface area contributed by atoms with Crippen LogP contribution in [0.25, 0.3) is 11.1 Å². The molecule has 0 unspecified atom stereocenters.